The van der Waals surface area contributed by atoms with Crippen LogP contribution in [0.4, 0.5) is 0 Å². The number of halogens is 1. The number of carboxylic acid groups (broad SMARTS) is 1. The first-order valence-electron chi connectivity index (χ1n) is 6.89. The quantitative estimate of drug-likeness (QED) is 0.555. The number of rotatable bonds is 4. The highest BCUT2D eigenvalue weighted by atomic mass is 35.5. The van der Waals surface area contributed by atoms with Gasteiger partial charge in [-0.15, -0.1) is 0 Å². The zero-order valence-corrected chi connectivity index (χ0v) is 13.3. The number of ether oxygens (including phenoxy) is 2. The van der Waals surface area contributed by atoms with Crippen molar-refractivity contribution in [2.45, 2.75) is 0 Å². The van der Waals surface area contributed by atoms with Crippen molar-refractivity contribution in [3.63, 3.8) is 0 Å². The Bertz CT molecular complexity index is 947. The van der Waals surface area contributed by atoms with E-state index in [4.69, 9.17) is 21.1 Å². The Balaban J connectivity index is 1.91. The summed E-state index contributed by atoms with van der Waals surface area (Å²) in [6.45, 7) is 0. The second kappa shape index (κ2) is 6.25. The van der Waals surface area contributed by atoms with Crippen molar-refractivity contribution in [1.82, 2.24) is 4.98 Å². The number of carboxylic acids is 1. The number of H-pyrrole nitrogens is 1. The van der Waals surface area contributed by atoms with Crippen molar-refractivity contribution in [1.29, 1.82) is 0 Å². The lowest BCUT2D eigenvalue weighted by molar-refractivity contribution is 0.0680. The third-order valence-electron chi connectivity index (χ3n) is 3.42. The van der Waals surface area contributed by atoms with Crippen molar-refractivity contribution in [3.05, 3.63) is 58.7 Å². The van der Waals surface area contributed by atoms with Crippen LogP contribution in [0.5, 0.6) is 11.5 Å². The normalized spacial score (nSPS) is 10.6. The molecule has 122 valence electrons. The van der Waals surface area contributed by atoms with Crippen LogP contribution in [0.15, 0.2) is 42.5 Å². The summed E-state index contributed by atoms with van der Waals surface area (Å²) in [5.74, 6) is -1.36. The molecule has 2 N–H and O–H groups in total. The molecule has 0 aliphatic carbocycles. The lowest BCUT2D eigenvalue weighted by atomic mass is 10.2. The predicted molar refractivity (Wildman–Crippen MR) is 88.2 cm³/mol. The van der Waals surface area contributed by atoms with Gasteiger partial charge in [0.2, 0.25) is 0 Å². The van der Waals surface area contributed by atoms with Crippen molar-refractivity contribution < 1.29 is 24.2 Å². The fourth-order valence-electron chi connectivity index (χ4n) is 2.26. The summed E-state index contributed by atoms with van der Waals surface area (Å²) in [5, 5.41) is 10.2. The van der Waals surface area contributed by atoms with Gasteiger partial charge in [0.25, 0.3) is 0 Å². The van der Waals surface area contributed by atoms with Crippen LogP contribution in [-0.2, 0) is 0 Å². The lowest BCUT2D eigenvalue weighted by Crippen LogP contribution is -2.11. The summed E-state index contributed by atoms with van der Waals surface area (Å²) < 4.78 is 10.3. The van der Waals surface area contributed by atoms with Gasteiger partial charge in [-0.05, 0) is 36.4 Å². The van der Waals surface area contributed by atoms with Crippen LogP contribution in [-0.4, -0.2) is 29.1 Å². The van der Waals surface area contributed by atoms with E-state index in [1.807, 2.05) is 0 Å². The van der Waals surface area contributed by atoms with Crippen molar-refractivity contribution in [2.24, 2.45) is 0 Å². The minimum atomic E-state index is -1.23. The summed E-state index contributed by atoms with van der Waals surface area (Å²) in [4.78, 5) is 26.4. The zero-order valence-electron chi connectivity index (χ0n) is 12.5. The molecular weight excluding hydrogens is 334 g/mol. The Hall–Kier alpha value is -2.99. The highest BCUT2D eigenvalue weighted by Gasteiger charge is 2.18. The fraction of sp³-hybridized carbons (Fsp3) is 0.0588. The van der Waals surface area contributed by atoms with E-state index in [1.165, 1.54) is 18.2 Å². The molecule has 0 radical (unpaired) electrons. The molecule has 0 atom stereocenters. The van der Waals surface area contributed by atoms with Gasteiger partial charge in [0.15, 0.2) is 0 Å². The summed E-state index contributed by atoms with van der Waals surface area (Å²) in [5.41, 5.74) is 0.717. The summed E-state index contributed by atoms with van der Waals surface area (Å²) in [6.07, 6.45) is 0. The molecule has 0 saturated carbocycles. The standard InChI is InChI=1S/C17H12ClNO5/c1-23-11-4-2-9-6-14(19-13(9)8-11)17(22)24-15-5-3-10(18)7-12(15)16(20)21/h2-8,19H,1H3,(H,20,21). The largest absolute Gasteiger partial charge is 0.497 e. The molecule has 0 aliphatic rings. The number of hydrogen-bond acceptors (Lipinski definition) is 4. The van der Waals surface area contributed by atoms with Crippen LogP contribution in [0.25, 0.3) is 10.9 Å². The number of aromatic amines is 1. The summed E-state index contributed by atoms with van der Waals surface area (Å²) in [6, 6.07) is 11.0. The molecule has 0 saturated heterocycles. The number of carbonyl (C=O) groups excluding carboxylic acids is 1. The molecule has 24 heavy (non-hydrogen) atoms. The Morgan fingerprint density at radius 3 is 2.62 bits per heavy atom. The SMILES string of the molecule is COc1ccc2cc(C(=O)Oc3ccc(Cl)cc3C(=O)O)[nH]c2c1. The number of carbonyl (C=O) groups is 2. The van der Waals surface area contributed by atoms with E-state index in [0.717, 1.165) is 5.39 Å². The molecule has 1 aromatic heterocycles. The molecule has 0 bridgehead atoms. The van der Waals surface area contributed by atoms with E-state index >= 15 is 0 Å². The Morgan fingerprint density at radius 2 is 1.92 bits per heavy atom. The van der Waals surface area contributed by atoms with Crippen molar-refractivity contribution in [2.75, 3.05) is 7.11 Å². The number of esters is 1. The Kier molecular flexibility index (Phi) is 4.14. The Labute approximate surface area is 141 Å². The van der Waals surface area contributed by atoms with Crippen LogP contribution < -0.4 is 9.47 Å². The molecule has 2 aromatic carbocycles. The second-order valence-electron chi connectivity index (χ2n) is 4.97. The van der Waals surface area contributed by atoms with E-state index in [9.17, 15) is 14.7 Å². The smallest absolute Gasteiger partial charge is 0.360 e. The second-order valence-corrected chi connectivity index (χ2v) is 5.41. The van der Waals surface area contributed by atoms with Crippen molar-refractivity contribution >= 4 is 34.4 Å². The number of fused-ring (bicyclic) bond motifs is 1. The van der Waals surface area contributed by atoms with Crippen LogP contribution >= 0.6 is 11.6 Å². The van der Waals surface area contributed by atoms with Gasteiger partial charge in [0, 0.05) is 22.0 Å². The number of nitrogens with one attached hydrogen (secondary N) is 1. The average molecular weight is 346 g/mol. The van der Waals surface area contributed by atoms with Crippen LogP contribution in [0.2, 0.25) is 5.02 Å². The molecule has 3 rings (SSSR count). The van der Waals surface area contributed by atoms with Gasteiger partial charge in [-0.2, -0.15) is 0 Å². The third-order valence-corrected chi connectivity index (χ3v) is 3.66. The maximum atomic E-state index is 12.3. The molecule has 0 fully saturated rings. The first kappa shape index (κ1) is 15.9. The maximum absolute atomic E-state index is 12.3. The van der Waals surface area contributed by atoms with Crippen LogP contribution in [0, 0.1) is 0 Å². The first-order valence-corrected chi connectivity index (χ1v) is 7.27. The highest BCUT2D eigenvalue weighted by molar-refractivity contribution is 6.31. The fourth-order valence-corrected chi connectivity index (χ4v) is 2.43. The summed E-state index contributed by atoms with van der Waals surface area (Å²) >= 11 is 5.77. The van der Waals surface area contributed by atoms with E-state index < -0.39 is 11.9 Å². The predicted octanol–water partition coefficient (Wildman–Crippen LogP) is 3.75. The molecule has 3 aromatic rings. The minimum absolute atomic E-state index is 0.0758. The van der Waals surface area contributed by atoms with Gasteiger partial charge in [-0.3, -0.25) is 0 Å². The average Bonchev–Trinajstić information content (AvgIpc) is 2.99. The molecular formula is C17H12ClNO5. The third kappa shape index (κ3) is 3.04. The van der Waals surface area contributed by atoms with Gasteiger partial charge < -0.3 is 19.6 Å². The summed E-state index contributed by atoms with van der Waals surface area (Å²) in [7, 11) is 1.55. The molecule has 0 amide bonds. The molecule has 6 nitrogen and oxygen atoms in total. The highest BCUT2D eigenvalue weighted by Crippen LogP contribution is 2.25. The number of benzene rings is 2. The lowest BCUT2D eigenvalue weighted by Gasteiger charge is -2.06. The maximum Gasteiger partial charge on any atom is 0.360 e. The van der Waals surface area contributed by atoms with Gasteiger partial charge in [0.1, 0.15) is 22.8 Å². The Morgan fingerprint density at radius 1 is 1.12 bits per heavy atom. The molecule has 0 unspecified atom stereocenters. The van der Waals surface area contributed by atoms with Gasteiger partial charge in [-0.1, -0.05) is 11.6 Å². The zero-order chi connectivity index (χ0) is 17.3. The number of aromatic nitrogens is 1. The van der Waals surface area contributed by atoms with E-state index in [2.05, 4.69) is 4.98 Å². The molecule has 1 heterocycles. The first-order chi connectivity index (χ1) is 11.5. The van der Waals surface area contributed by atoms with E-state index in [1.54, 1.807) is 31.4 Å². The van der Waals surface area contributed by atoms with Gasteiger partial charge in [-0.25, -0.2) is 9.59 Å². The molecule has 0 spiro atoms. The van der Waals surface area contributed by atoms with E-state index in [0.29, 0.717) is 11.3 Å². The monoisotopic (exact) mass is 345 g/mol. The molecule has 0 aliphatic heterocycles. The minimum Gasteiger partial charge on any atom is -0.497 e. The van der Waals surface area contributed by atoms with Gasteiger partial charge >= 0.3 is 11.9 Å². The number of aromatic carboxylic acids is 1. The van der Waals surface area contributed by atoms with E-state index in [-0.39, 0.29) is 22.0 Å². The van der Waals surface area contributed by atoms with Crippen LogP contribution in [0.3, 0.4) is 0 Å². The number of methoxy groups -OCH3 is 1. The topological polar surface area (TPSA) is 88.6 Å². The number of hydrogen-bond donors (Lipinski definition) is 2. The van der Waals surface area contributed by atoms with Crippen LogP contribution in [0.1, 0.15) is 20.8 Å². The van der Waals surface area contributed by atoms with Gasteiger partial charge in [0.05, 0.1) is 7.11 Å². The molecule has 7 heteroatoms. The van der Waals surface area contributed by atoms with Crippen molar-refractivity contribution in [3.8, 4) is 11.5 Å².